The fraction of sp³-hybridized carbons (Fsp3) is 0.467. The minimum atomic E-state index is -0.298. The Kier molecular flexibility index (Phi) is 4.10. The molecule has 0 bridgehead atoms. The maximum atomic E-state index is 12.6. The van der Waals surface area contributed by atoms with Crippen LogP contribution in [0.25, 0.3) is 0 Å². The van der Waals surface area contributed by atoms with Crippen LogP contribution in [0.3, 0.4) is 0 Å². The van der Waals surface area contributed by atoms with Crippen LogP contribution in [-0.4, -0.2) is 42.2 Å². The van der Waals surface area contributed by atoms with E-state index < -0.39 is 0 Å². The van der Waals surface area contributed by atoms with E-state index in [1.807, 2.05) is 12.1 Å². The molecular formula is C15H18BrN2O3+. The fourth-order valence-electron chi connectivity index (χ4n) is 3.13. The Morgan fingerprint density at radius 2 is 1.76 bits per heavy atom. The SMILES string of the molecule is O=C1C[C@H]([NH+]2CCC(O)CC2)C(=O)N1c1ccc(Br)cc1. The van der Waals surface area contributed by atoms with Gasteiger partial charge in [0, 0.05) is 17.3 Å². The lowest BCUT2D eigenvalue weighted by atomic mass is 10.1. The largest absolute Gasteiger partial charge is 0.393 e. The maximum Gasteiger partial charge on any atom is 0.292 e. The minimum Gasteiger partial charge on any atom is -0.393 e. The van der Waals surface area contributed by atoms with E-state index in [0.29, 0.717) is 18.5 Å². The number of carbonyl (C=O) groups is 2. The highest BCUT2D eigenvalue weighted by molar-refractivity contribution is 9.10. The molecule has 0 radical (unpaired) electrons. The highest BCUT2D eigenvalue weighted by Gasteiger charge is 2.46. The van der Waals surface area contributed by atoms with Crippen molar-refractivity contribution in [1.82, 2.24) is 0 Å². The van der Waals surface area contributed by atoms with Gasteiger partial charge in [0.25, 0.3) is 5.91 Å². The molecule has 2 N–H and O–H groups in total. The van der Waals surface area contributed by atoms with Gasteiger partial charge in [-0.05, 0) is 24.3 Å². The number of carbonyl (C=O) groups excluding carboxylic acids is 2. The molecule has 2 heterocycles. The number of piperidine rings is 1. The molecule has 5 nitrogen and oxygen atoms in total. The first-order valence-electron chi connectivity index (χ1n) is 7.21. The molecule has 2 fully saturated rings. The van der Waals surface area contributed by atoms with Crippen molar-refractivity contribution in [2.75, 3.05) is 18.0 Å². The normalized spacial score (nSPS) is 30.0. The van der Waals surface area contributed by atoms with Gasteiger partial charge in [-0.1, -0.05) is 15.9 Å². The maximum absolute atomic E-state index is 12.6. The van der Waals surface area contributed by atoms with Crippen molar-refractivity contribution in [1.29, 1.82) is 0 Å². The number of nitrogens with one attached hydrogen (secondary N) is 1. The second-order valence-electron chi connectivity index (χ2n) is 5.69. The summed E-state index contributed by atoms with van der Waals surface area (Å²) in [5, 5.41) is 9.56. The van der Waals surface area contributed by atoms with Gasteiger partial charge < -0.3 is 10.0 Å². The zero-order valence-electron chi connectivity index (χ0n) is 11.6. The quantitative estimate of drug-likeness (QED) is 0.742. The van der Waals surface area contributed by atoms with Gasteiger partial charge in [0.1, 0.15) is 0 Å². The number of nitrogens with zero attached hydrogens (tertiary/aromatic N) is 1. The lowest BCUT2D eigenvalue weighted by Crippen LogP contribution is -3.17. The molecule has 0 unspecified atom stereocenters. The van der Waals surface area contributed by atoms with Crippen LogP contribution in [0.4, 0.5) is 5.69 Å². The second kappa shape index (κ2) is 5.87. The molecule has 2 aliphatic rings. The molecule has 0 aromatic heterocycles. The van der Waals surface area contributed by atoms with Crippen LogP contribution in [-0.2, 0) is 9.59 Å². The third-order valence-corrected chi connectivity index (χ3v) is 4.85. The van der Waals surface area contributed by atoms with Crippen molar-refractivity contribution < 1.29 is 19.6 Å². The molecule has 0 spiro atoms. The van der Waals surface area contributed by atoms with Crippen molar-refractivity contribution >= 4 is 33.4 Å². The average Bonchev–Trinajstić information content (AvgIpc) is 2.76. The van der Waals surface area contributed by atoms with Crippen LogP contribution in [0.2, 0.25) is 0 Å². The van der Waals surface area contributed by atoms with E-state index in [1.54, 1.807) is 12.1 Å². The zero-order chi connectivity index (χ0) is 15.0. The van der Waals surface area contributed by atoms with E-state index in [1.165, 1.54) is 4.90 Å². The summed E-state index contributed by atoms with van der Waals surface area (Å²) in [7, 11) is 0. The number of anilines is 1. The number of likely N-dealkylation sites (tertiary alicyclic amines) is 1. The van der Waals surface area contributed by atoms with Crippen LogP contribution in [0.5, 0.6) is 0 Å². The number of amides is 2. The summed E-state index contributed by atoms with van der Waals surface area (Å²) in [6.45, 7) is 1.50. The molecule has 3 rings (SSSR count). The Morgan fingerprint density at radius 3 is 2.38 bits per heavy atom. The van der Waals surface area contributed by atoms with Gasteiger partial charge in [0.2, 0.25) is 5.91 Å². The number of benzene rings is 1. The first kappa shape index (κ1) is 14.7. The lowest BCUT2D eigenvalue weighted by molar-refractivity contribution is -0.920. The summed E-state index contributed by atoms with van der Waals surface area (Å²) in [5.74, 6) is -0.250. The van der Waals surface area contributed by atoms with Crippen LogP contribution in [0, 0.1) is 0 Å². The van der Waals surface area contributed by atoms with Crippen molar-refractivity contribution in [2.45, 2.75) is 31.4 Å². The monoisotopic (exact) mass is 353 g/mol. The van der Waals surface area contributed by atoms with Gasteiger partial charge in [0.15, 0.2) is 6.04 Å². The van der Waals surface area contributed by atoms with Crippen molar-refractivity contribution in [3.05, 3.63) is 28.7 Å². The summed E-state index contributed by atoms with van der Waals surface area (Å²) in [4.78, 5) is 27.2. The van der Waals surface area contributed by atoms with Gasteiger partial charge in [-0.15, -0.1) is 0 Å². The third-order valence-electron chi connectivity index (χ3n) is 4.32. The van der Waals surface area contributed by atoms with E-state index >= 15 is 0 Å². The summed E-state index contributed by atoms with van der Waals surface area (Å²) in [6, 6.07) is 6.91. The van der Waals surface area contributed by atoms with E-state index in [-0.39, 0.29) is 30.4 Å². The number of aliphatic hydroxyl groups is 1. The molecule has 1 aromatic rings. The van der Waals surface area contributed by atoms with Crippen LogP contribution in [0.1, 0.15) is 19.3 Å². The topological polar surface area (TPSA) is 62.1 Å². The number of aliphatic hydroxyl groups excluding tert-OH is 1. The molecule has 0 aliphatic carbocycles. The van der Waals surface area contributed by atoms with Crippen LogP contribution < -0.4 is 9.80 Å². The van der Waals surface area contributed by atoms with Gasteiger partial charge in [0.05, 0.1) is 31.3 Å². The minimum absolute atomic E-state index is 0.117. The average molecular weight is 354 g/mol. The van der Waals surface area contributed by atoms with E-state index in [0.717, 1.165) is 22.5 Å². The molecule has 2 saturated heterocycles. The number of hydrogen-bond donors (Lipinski definition) is 2. The highest BCUT2D eigenvalue weighted by atomic mass is 79.9. The molecule has 2 aliphatic heterocycles. The van der Waals surface area contributed by atoms with Crippen LogP contribution >= 0.6 is 15.9 Å². The molecule has 0 saturated carbocycles. The van der Waals surface area contributed by atoms with Crippen LogP contribution in [0.15, 0.2) is 28.7 Å². The Morgan fingerprint density at radius 1 is 1.14 bits per heavy atom. The number of quaternary nitrogens is 1. The van der Waals surface area contributed by atoms with Gasteiger partial charge >= 0.3 is 0 Å². The third kappa shape index (κ3) is 2.88. The Labute approximate surface area is 131 Å². The molecule has 2 amide bonds. The van der Waals surface area contributed by atoms with E-state index in [9.17, 15) is 14.7 Å². The van der Waals surface area contributed by atoms with Crippen molar-refractivity contribution in [2.24, 2.45) is 0 Å². The molecule has 112 valence electrons. The van der Waals surface area contributed by atoms with E-state index in [4.69, 9.17) is 0 Å². The summed E-state index contributed by atoms with van der Waals surface area (Å²) in [5.41, 5.74) is 0.632. The van der Waals surface area contributed by atoms with Crippen molar-refractivity contribution in [3.8, 4) is 0 Å². The Bertz CT molecular complexity index is 553. The summed E-state index contributed by atoms with van der Waals surface area (Å²) < 4.78 is 0.914. The first-order valence-corrected chi connectivity index (χ1v) is 8.00. The number of rotatable bonds is 2. The van der Waals surface area contributed by atoms with E-state index in [2.05, 4.69) is 15.9 Å². The number of imide groups is 1. The number of hydrogen-bond acceptors (Lipinski definition) is 3. The smallest absolute Gasteiger partial charge is 0.292 e. The lowest BCUT2D eigenvalue weighted by Gasteiger charge is -2.29. The Hall–Kier alpha value is -1.24. The predicted molar refractivity (Wildman–Crippen MR) is 81.0 cm³/mol. The van der Waals surface area contributed by atoms with Gasteiger partial charge in [-0.25, -0.2) is 4.90 Å². The zero-order valence-corrected chi connectivity index (χ0v) is 13.2. The molecule has 1 aromatic carbocycles. The number of halogens is 1. The molecular weight excluding hydrogens is 336 g/mol. The second-order valence-corrected chi connectivity index (χ2v) is 6.61. The first-order chi connectivity index (χ1) is 10.1. The van der Waals surface area contributed by atoms with Gasteiger partial charge in [-0.2, -0.15) is 0 Å². The summed E-state index contributed by atoms with van der Waals surface area (Å²) >= 11 is 3.35. The highest BCUT2D eigenvalue weighted by Crippen LogP contribution is 2.24. The predicted octanol–water partition coefficient (Wildman–Crippen LogP) is 0.121. The summed E-state index contributed by atoms with van der Waals surface area (Å²) in [6.07, 6.45) is 1.40. The molecule has 1 atom stereocenters. The van der Waals surface area contributed by atoms with Gasteiger partial charge in [-0.3, -0.25) is 9.59 Å². The van der Waals surface area contributed by atoms with Crippen molar-refractivity contribution in [3.63, 3.8) is 0 Å². The molecule has 6 heteroatoms. The standard InChI is InChI=1S/C15H17BrN2O3/c16-10-1-3-11(4-2-10)18-14(20)9-13(15(18)21)17-7-5-12(19)6-8-17/h1-4,12-13,19H,5-9H2/p+1/t13-/m0/s1. The fourth-order valence-corrected chi connectivity index (χ4v) is 3.40. The molecule has 21 heavy (non-hydrogen) atoms. The Balaban J connectivity index is 1.77.